The summed E-state index contributed by atoms with van der Waals surface area (Å²) in [4.78, 5) is 3.08. The van der Waals surface area contributed by atoms with E-state index in [1.54, 1.807) is 4.88 Å². The van der Waals surface area contributed by atoms with Crippen LogP contribution in [0.3, 0.4) is 0 Å². The molecule has 15 heavy (non-hydrogen) atoms. The Morgan fingerprint density at radius 1 is 1.00 bits per heavy atom. The van der Waals surface area contributed by atoms with Gasteiger partial charge in [-0.2, -0.15) is 0 Å². The standard InChI is InChI=1S/C14H24S/c1-8-10-9-11(13(2,3)4)15-12(10)14(5,6)7/h9H,8H2,1-7H3. The average molecular weight is 224 g/mol. The van der Waals surface area contributed by atoms with Gasteiger partial charge in [0.15, 0.2) is 0 Å². The zero-order valence-electron chi connectivity index (χ0n) is 11.2. The van der Waals surface area contributed by atoms with E-state index in [-0.39, 0.29) is 5.41 Å². The van der Waals surface area contributed by atoms with E-state index in [0.29, 0.717) is 5.41 Å². The zero-order chi connectivity index (χ0) is 11.9. The van der Waals surface area contributed by atoms with E-state index in [0.717, 1.165) is 6.42 Å². The van der Waals surface area contributed by atoms with Crippen molar-refractivity contribution in [3.8, 4) is 0 Å². The summed E-state index contributed by atoms with van der Waals surface area (Å²) >= 11 is 2.00. The van der Waals surface area contributed by atoms with Gasteiger partial charge in [-0.1, -0.05) is 48.5 Å². The van der Waals surface area contributed by atoms with Crippen molar-refractivity contribution in [1.29, 1.82) is 0 Å². The van der Waals surface area contributed by atoms with Crippen molar-refractivity contribution < 1.29 is 0 Å². The molecule has 0 nitrogen and oxygen atoms in total. The highest BCUT2D eigenvalue weighted by molar-refractivity contribution is 7.12. The normalized spacial score (nSPS) is 13.3. The van der Waals surface area contributed by atoms with Gasteiger partial charge in [-0.25, -0.2) is 0 Å². The third-order valence-electron chi connectivity index (χ3n) is 2.61. The van der Waals surface area contributed by atoms with Crippen molar-refractivity contribution in [3.63, 3.8) is 0 Å². The van der Waals surface area contributed by atoms with Crippen LogP contribution in [0.15, 0.2) is 6.07 Å². The van der Waals surface area contributed by atoms with Crippen molar-refractivity contribution in [2.45, 2.75) is 65.7 Å². The van der Waals surface area contributed by atoms with Gasteiger partial charge in [0, 0.05) is 9.75 Å². The molecule has 86 valence electrons. The van der Waals surface area contributed by atoms with E-state index in [1.807, 2.05) is 11.3 Å². The third kappa shape index (κ3) is 2.84. The van der Waals surface area contributed by atoms with Crippen molar-refractivity contribution in [3.05, 3.63) is 21.4 Å². The lowest BCUT2D eigenvalue weighted by molar-refractivity contribution is 0.598. The molecule has 0 aromatic carbocycles. The van der Waals surface area contributed by atoms with E-state index >= 15 is 0 Å². The molecule has 0 unspecified atom stereocenters. The summed E-state index contributed by atoms with van der Waals surface area (Å²) in [7, 11) is 0. The molecule has 1 heteroatoms. The number of aryl methyl sites for hydroxylation is 1. The van der Waals surface area contributed by atoms with E-state index in [9.17, 15) is 0 Å². The molecule has 1 heterocycles. The van der Waals surface area contributed by atoms with Gasteiger partial charge in [0.1, 0.15) is 0 Å². The molecule has 0 aliphatic carbocycles. The quantitative estimate of drug-likeness (QED) is 0.636. The maximum Gasteiger partial charge on any atom is 0.0134 e. The molecule has 0 N–H and O–H groups in total. The van der Waals surface area contributed by atoms with Crippen LogP contribution in [0.1, 0.15) is 63.8 Å². The first-order chi connectivity index (χ1) is 6.66. The fourth-order valence-corrected chi connectivity index (χ4v) is 3.06. The maximum absolute atomic E-state index is 2.41. The molecule has 0 aliphatic heterocycles. The highest BCUT2D eigenvalue weighted by Gasteiger charge is 2.24. The highest BCUT2D eigenvalue weighted by Crippen LogP contribution is 2.38. The van der Waals surface area contributed by atoms with Crippen molar-refractivity contribution in [2.75, 3.05) is 0 Å². The second kappa shape index (κ2) is 3.93. The summed E-state index contributed by atoms with van der Waals surface area (Å²) < 4.78 is 0. The SMILES string of the molecule is CCc1cc(C(C)(C)C)sc1C(C)(C)C. The second-order valence-corrected chi connectivity index (χ2v) is 7.37. The van der Waals surface area contributed by atoms with Crippen molar-refractivity contribution in [2.24, 2.45) is 0 Å². The lowest BCUT2D eigenvalue weighted by Crippen LogP contribution is -2.11. The van der Waals surface area contributed by atoms with Gasteiger partial charge in [0.25, 0.3) is 0 Å². The van der Waals surface area contributed by atoms with Crippen LogP contribution in [0.2, 0.25) is 0 Å². The average Bonchev–Trinajstić information content (AvgIpc) is 2.44. The Kier molecular flexibility index (Phi) is 3.35. The molecule has 0 aliphatic rings. The van der Waals surface area contributed by atoms with Crippen molar-refractivity contribution >= 4 is 11.3 Å². The van der Waals surface area contributed by atoms with E-state index in [2.05, 4.69) is 54.5 Å². The predicted octanol–water partition coefficient (Wildman–Crippen LogP) is 4.91. The topological polar surface area (TPSA) is 0 Å². The third-order valence-corrected chi connectivity index (χ3v) is 4.64. The smallest absolute Gasteiger partial charge is 0.0134 e. The molecular formula is C14H24S. The minimum absolute atomic E-state index is 0.290. The van der Waals surface area contributed by atoms with Gasteiger partial charge in [0.2, 0.25) is 0 Å². The van der Waals surface area contributed by atoms with Crippen LogP contribution in [0, 0.1) is 0 Å². The van der Waals surface area contributed by atoms with Crippen LogP contribution < -0.4 is 0 Å². The summed E-state index contributed by atoms with van der Waals surface area (Å²) in [5, 5.41) is 0. The summed E-state index contributed by atoms with van der Waals surface area (Å²) in [6.07, 6.45) is 1.15. The Morgan fingerprint density at radius 2 is 1.53 bits per heavy atom. The number of rotatable bonds is 1. The zero-order valence-corrected chi connectivity index (χ0v) is 12.0. The first-order valence-electron chi connectivity index (χ1n) is 5.80. The monoisotopic (exact) mass is 224 g/mol. The molecule has 0 radical (unpaired) electrons. The Bertz CT molecular complexity index is 331. The minimum atomic E-state index is 0.290. The fraction of sp³-hybridized carbons (Fsp3) is 0.714. The largest absolute Gasteiger partial charge is 0.144 e. The number of hydrogen-bond donors (Lipinski definition) is 0. The van der Waals surface area contributed by atoms with E-state index in [4.69, 9.17) is 0 Å². The molecule has 1 aromatic heterocycles. The van der Waals surface area contributed by atoms with Gasteiger partial charge >= 0.3 is 0 Å². The van der Waals surface area contributed by atoms with Crippen LogP contribution in [-0.2, 0) is 17.3 Å². The van der Waals surface area contributed by atoms with Crippen LogP contribution in [0.5, 0.6) is 0 Å². The molecule has 1 rings (SSSR count). The van der Waals surface area contributed by atoms with Crippen LogP contribution >= 0.6 is 11.3 Å². The Labute approximate surface area is 98.7 Å². The van der Waals surface area contributed by atoms with Gasteiger partial charge in [-0.3, -0.25) is 0 Å². The van der Waals surface area contributed by atoms with Crippen LogP contribution in [0.25, 0.3) is 0 Å². The Hall–Kier alpha value is -0.300. The first kappa shape index (κ1) is 12.8. The molecular weight excluding hydrogens is 200 g/mol. The van der Waals surface area contributed by atoms with Gasteiger partial charge in [-0.15, -0.1) is 11.3 Å². The van der Waals surface area contributed by atoms with Crippen LogP contribution in [0.4, 0.5) is 0 Å². The molecule has 0 atom stereocenters. The van der Waals surface area contributed by atoms with Gasteiger partial charge < -0.3 is 0 Å². The summed E-state index contributed by atoms with van der Waals surface area (Å²) in [6.45, 7) is 16.1. The molecule has 0 amide bonds. The summed E-state index contributed by atoms with van der Waals surface area (Å²) in [5.74, 6) is 0. The molecule has 0 spiro atoms. The highest BCUT2D eigenvalue weighted by atomic mass is 32.1. The molecule has 0 bridgehead atoms. The summed E-state index contributed by atoms with van der Waals surface area (Å²) in [6, 6.07) is 2.41. The first-order valence-corrected chi connectivity index (χ1v) is 6.61. The minimum Gasteiger partial charge on any atom is -0.144 e. The van der Waals surface area contributed by atoms with Gasteiger partial charge in [0.05, 0.1) is 0 Å². The number of thiophene rings is 1. The molecule has 1 aromatic rings. The fourth-order valence-electron chi connectivity index (χ4n) is 1.70. The van der Waals surface area contributed by atoms with Gasteiger partial charge in [-0.05, 0) is 28.9 Å². The van der Waals surface area contributed by atoms with Crippen LogP contribution in [-0.4, -0.2) is 0 Å². The van der Waals surface area contributed by atoms with E-state index in [1.165, 1.54) is 10.4 Å². The molecule has 0 fully saturated rings. The Balaban J connectivity index is 3.24. The summed E-state index contributed by atoms with van der Waals surface area (Å²) in [5.41, 5.74) is 2.12. The predicted molar refractivity (Wildman–Crippen MR) is 71.1 cm³/mol. The lowest BCUT2D eigenvalue weighted by Gasteiger charge is -2.19. The maximum atomic E-state index is 2.41. The van der Waals surface area contributed by atoms with Crippen molar-refractivity contribution in [1.82, 2.24) is 0 Å². The van der Waals surface area contributed by atoms with E-state index < -0.39 is 0 Å². The molecule has 0 saturated carbocycles. The lowest BCUT2D eigenvalue weighted by atomic mass is 9.89. The Morgan fingerprint density at radius 3 is 1.80 bits per heavy atom. The molecule has 0 saturated heterocycles. The second-order valence-electron chi connectivity index (χ2n) is 6.32. The number of hydrogen-bond acceptors (Lipinski definition) is 1.